The molecule has 1 N–H and O–H groups in total. The summed E-state index contributed by atoms with van der Waals surface area (Å²) in [5.74, 6) is -1.15. The van der Waals surface area contributed by atoms with Crippen LogP contribution in [0.1, 0.15) is 20.3 Å². The molecule has 0 aliphatic rings. The highest BCUT2D eigenvalue weighted by molar-refractivity contribution is 6.39. The average molecular weight is 278 g/mol. The van der Waals surface area contributed by atoms with E-state index in [0.29, 0.717) is 5.69 Å². The summed E-state index contributed by atoms with van der Waals surface area (Å²) in [5, 5.41) is 3.93. The first-order valence-electron chi connectivity index (χ1n) is 6.37. The number of rotatable bonds is 7. The zero-order chi connectivity index (χ0) is 14.8. The molecule has 0 aliphatic carbocycles. The Labute approximate surface area is 117 Å². The second-order valence-electron chi connectivity index (χ2n) is 3.74. The van der Waals surface area contributed by atoms with E-state index in [4.69, 9.17) is 9.47 Å². The van der Waals surface area contributed by atoms with E-state index in [2.05, 4.69) is 10.5 Å². The lowest BCUT2D eigenvalue weighted by atomic mass is 10.3. The maximum absolute atomic E-state index is 11.7. The monoisotopic (exact) mass is 278 g/mol. The van der Waals surface area contributed by atoms with Crippen molar-refractivity contribution in [3.63, 3.8) is 0 Å². The molecule has 0 heterocycles. The smallest absolute Gasteiger partial charge is 0.355 e. The second-order valence-corrected chi connectivity index (χ2v) is 3.74. The molecule has 1 aromatic carbocycles. The largest absolute Gasteiger partial charge is 0.466 e. The third-order valence-corrected chi connectivity index (χ3v) is 2.22. The Morgan fingerprint density at radius 3 is 2.35 bits per heavy atom. The third kappa shape index (κ3) is 5.51. The Bertz CT molecular complexity index is 471. The van der Waals surface area contributed by atoms with Gasteiger partial charge in [0.2, 0.25) is 0 Å². The number of hydrazone groups is 1. The van der Waals surface area contributed by atoms with Crippen molar-refractivity contribution in [2.45, 2.75) is 20.3 Å². The van der Waals surface area contributed by atoms with Gasteiger partial charge in [0.25, 0.3) is 0 Å². The predicted molar refractivity (Wildman–Crippen MR) is 75.4 cm³/mol. The van der Waals surface area contributed by atoms with Crippen molar-refractivity contribution in [3.8, 4) is 0 Å². The number of esters is 2. The fourth-order valence-corrected chi connectivity index (χ4v) is 1.37. The van der Waals surface area contributed by atoms with Crippen LogP contribution in [0.5, 0.6) is 0 Å². The fourth-order valence-electron chi connectivity index (χ4n) is 1.37. The molecule has 0 radical (unpaired) electrons. The number of anilines is 1. The molecule has 0 saturated heterocycles. The molecular formula is C14H18N2O4. The highest BCUT2D eigenvalue weighted by atomic mass is 16.5. The first kappa shape index (κ1) is 15.7. The predicted octanol–water partition coefficient (Wildman–Crippen LogP) is 1.97. The van der Waals surface area contributed by atoms with Crippen LogP contribution in [0, 0.1) is 0 Å². The summed E-state index contributed by atoms with van der Waals surface area (Å²) in [5.41, 5.74) is 3.40. The Balaban J connectivity index is 2.75. The van der Waals surface area contributed by atoms with Crippen molar-refractivity contribution in [2.24, 2.45) is 5.10 Å². The van der Waals surface area contributed by atoms with Crippen molar-refractivity contribution in [1.82, 2.24) is 0 Å². The number of benzene rings is 1. The molecule has 0 fully saturated rings. The van der Waals surface area contributed by atoms with E-state index < -0.39 is 11.9 Å². The van der Waals surface area contributed by atoms with Crippen LogP contribution >= 0.6 is 0 Å². The summed E-state index contributed by atoms with van der Waals surface area (Å²) >= 11 is 0. The van der Waals surface area contributed by atoms with Gasteiger partial charge in [-0.2, -0.15) is 5.10 Å². The fraction of sp³-hybridized carbons (Fsp3) is 0.357. The zero-order valence-electron chi connectivity index (χ0n) is 11.6. The quantitative estimate of drug-likeness (QED) is 0.469. The summed E-state index contributed by atoms with van der Waals surface area (Å²) in [4.78, 5) is 23.1. The van der Waals surface area contributed by atoms with E-state index in [1.54, 1.807) is 26.0 Å². The van der Waals surface area contributed by atoms with Crippen LogP contribution in [0.25, 0.3) is 0 Å². The van der Waals surface area contributed by atoms with Gasteiger partial charge in [-0.3, -0.25) is 10.2 Å². The topological polar surface area (TPSA) is 77.0 Å². The molecular weight excluding hydrogens is 260 g/mol. The van der Waals surface area contributed by atoms with Crippen molar-refractivity contribution in [1.29, 1.82) is 0 Å². The number of carbonyl (C=O) groups excluding carboxylic acids is 2. The third-order valence-electron chi connectivity index (χ3n) is 2.22. The Hall–Kier alpha value is -2.37. The first-order chi connectivity index (χ1) is 9.67. The molecule has 0 bridgehead atoms. The van der Waals surface area contributed by atoms with Gasteiger partial charge >= 0.3 is 11.9 Å². The molecule has 0 aliphatic heterocycles. The van der Waals surface area contributed by atoms with Gasteiger partial charge in [0.15, 0.2) is 5.71 Å². The van der Waals surface area contributed by atoms with E-state index >= 15 is 0 Å². The molecule has 6 heteroatoms. The number of hydrogen-bond acceptors (Lipinski definition) is 6. The van der Waals surface area contributed by atoms with Gasteiger partial charge in [-0.15, -0.1) is 0 Å². The van der Waals surface area contributed by atoms with Gasteiger partial charge in [0.05, 0.1) is 25.3 Å². The molecule has 1 aromatic rings. The summed E-state index contributed by atoms with van der Waals surface area (Å²) < 4.78 is 9.65. The lowest BCUT2D eigenvalue weighted by Gasteiger charge is -2.07. The summed E-state index contributed by atoms with van der Waals surface area (Å²) in [6.45, 7) is 3.85. The van der Waals surface area contributed by atoms with Gasteiger partial charge in [-0.05, 0) is 26.0 Å². The molecule has 108 valence electrons. The summed E-state index contributed by atoms with van der Waals surface area (Å²) in [6.07, 6.45) is -0.230. The minimum atomic E-state index is -0.635. The van der Waals surface area contributed by atoms with Gasteiger partial charge in [-0.1, -0.05) is 18.2 Å². The lowest BCUT2D eigenvalue weighted by Crippen LogP contribution is -2.23. The molecule has 0 aromatic heterocycles. The maximum Gasteiger partial charge on any atom is 0.355 e. The average Bonchev–Trinajstić information content (AvgIpc) is 2.45. The van der Waals surface area contributed by atoms with Crippen molar-refractivity contribution < 1.29 is 19.1 Å². The van der Waals surface area contributed by atoms with Crippen LogP contribution in [0.4, 0.5) is 5.69 Å². The van der Waals surface area contributed by atoms with Gasteiger partial charge in [0, 0.05) is 0 Å². The molecule has 0 unspecified atom stereocenters. The minimum Gasteiger partial charge on any atom is -0.466 e. The molecule has 0 atom stereocenters. The van der Waals surface area contributed by atoms with Gasteiger partial charge in [0.1, 0.15) is 0 Å². The van der Waals surface area contributed by atoms with Gasteiger partial charge in [-0.25, -0.2) is 4.79 Å². The second kappa shape index (κ2) is 8.68. The number of hydrogen-bond donors (Lipinski definition) is 1. The Kier molecular flexibility index (Phi) is 6.81. The molecule has 0 saturated carbocycles. The summed E-state index contributed by atoms with van der Waals surface area (Å²) in [6, 6.07) is 9.09. The highest BCUT2D eigenvalue weighted by Crippen LogP contribution is 2.05. The molecule has 20 heavy (non-hydrogen) atoms. The SMILES string of the molecule is CCOC(=O)C/C(=N\Nc1ccccc1)C(=O)OCC. The minimum absolute atomic E-state index is 0.0193. The Morgan fingerprint density at radius 1 is 1.10 bits per heavy atom. The molecule has 0 amide bonds. The van der Waals surface area contributed by atoms with E-state index in [1.165, 1.54) is 0 Å². The first-order valence-corrected chi connectivity index (χ1v) is 6.37. The van der Waals surface area contributed by atoms with Crippen molar-refractivity contribution >= 4 is 23.3 Å². The van der Waals surface area contributed by atoms with E-state index in [9.17, 15) is 9.59 Å². The number of para-hydroxylation sites is 1. The van der Waals surface area contributed by atoms with Crippen LogP contribution in [-0.2, 0) is 19.1 Å². The highest BCUT2D eigenvalue weighted by Gasteiger charge is 2.18. The maximum atomic E-state index is 11.7. The number of carbonyl (C=O) groups is 2. The van der Waals surface area contributed by atoms with Crippen molar-refractivity contribution in [2.75, 3.05) is 18.6 Å². The molecule has 0 spiro atoms. The number of nitrogens with zero attached hydrogens (tertiary/aromatic N) is 1. The van der Waals surface area contributed by atoms with E-state index in [-0.39, 0.29) is 25.3 Å². The molecule has 6 nitrogen and oxygen atoms in total. The zero-order valence-corrected chi connectivity index (χ0v) is 11.6. The van der Waals surface area contributed by atoms with Crippen LogP contribution < -0.4 is 5.43 Å². The molecule has 1 rings (SSSR count). The van der Waals surface area contributed by atoms with Crippen LogP contribution in [-0.4, -0.2) is 30.9 Å². The normalized spacial score (nSPS) is 10.8. The van der Waals surface area contributed by atoms with Crippen LogP contribution in [0.2, 0.25) is 0 Å². The number of nitrogens with one attached hydrogen (secondary N) is 1. The van der Waals surface area contributed by atoms with E-state index in [0.717, 1.165) is 0 Å². The van der Waals surface area contributed by atoms with Crippen LogP contribution in [0.15, 0.2) is 35.4 Å². The standard InChI is InChI=1S/C14H18N2O4/c1-3-19-13(17)10-12(14(18)20-4-2)16-15-11-8-6-5-7-9-11/h5-9,15H,3-4,10H2,1-2H3/b16-12+. The van der Waals surface area contributed by atoms with Gasteiger partial charge < -0.3 is 9.47 Å². The summed E-state index contributed by atoms with van der Waals surface area (Å²) in [7, 11) is 0. The van der Waals surface area contributed by atoms with Crippen molar-refractivity contribution in [3.05, 3.63) is 30.3 Å². The number of ether oxygens (including phenoxy) is 2. The lowest BCUT2D eigenvalue weighted by molar-refractivity contribution is -0.143. The Morgan fingerprint density at radius 2 is 1.75 bits per heavy atom. The van der Waals surface area contributed by atoms with Crippen LogP contribution in [0.3, 0.4) is 0 Å². The van der Waals surface area contributed by atoms with E-state index in [1.807, 2.05) is 18.2 Å².